The Kier molecular flexibility index (Phi) is 5.04. The van der Waals surface area contributed by atoms with E-state index < -0.39 is 23.4 Å². The van der Waals surface area contributed by atoms with Crippen LogP contribution in [0, 0.1) is 5.41 Å². The number of benzene rings is 4. The molecule has 0 amide bonds. The molecule has 38 heavy (non-hydrogen) atoms. The Bertz CT molecular complexity index is 1620. The van der Waals surface area contributed by atoms with E-state index in [9.17, 15) is 14.4 Å². The molecule has 1 aliphatic carbocycles. The van der Waals surface area contributed by atoms with Crippen molar-refractivity contribution in [3.8, 4) is 0 Å². The number of anilines is 1. The van der Waals surface area contributed by atoms with Crippen LogP contribution < -0.4 is 4.90 Å². The van der Waals surface area contributed by atoms with Crippen LogP contribution in [0.1, 0.15) is 48.1 Å². The standard InChI is InChI=1S/C33H22ClNO3/c34-23-17-14-21(15-18-23)28-29(30(36)22-9-2-1-3-10-22)35-26-13-7-4-8-20(26)16-19-27(35)33(28)31(37)24-11-5-6-12-25(24)32(33)38/h1-19,27-29H/t27?,28-,29+/m1/s1. The molecule has 1 fully saturated rings. The molecular formula is C33H22ClNO3. The molecule has 0 N–H and O–H groups in total. The molecule has 2 heterocycles. The van der Waals surface area contributed by atoms with Gasteiger partial charge < -0.3 is 4.90 Å². The lowest BCUT2D eigenvalue weighted by Gasteiger charge is -2.37. The van der Waals surface area contributed by atoms with Gasteiger partial charge in [0, 0.05) is 33.3 Å². The second kappa shape index (κ2) is 8.37. The first-order valence-corrected chi connectivity index (χ1v) is 13.0. The SMILES string of the molecule is O=C(c1ccccc1)[C@@H]1[C@@H](c2ccc(Cl)cc2)C2(C(=O)c3ccccc3C2=O)C2C=Cc3ccccc3N21. The van der Waals surface area contributed by atoms with Gasteiger partial charge in [0.25, 0.3) is 0 Å². The number of Topliss-reactive ketones (excluding diaryl/α,β-unsaturated/α-hetero) is 3. The van der Waals surface area contributed by atoms with E-state index in [0.29, 0.717) is 21.7 Å². The summed E-state index contributed by atoms with van der Waals surface area (Å²) in [4.78, 5) is 45.6. The molecule has 1 spiro atoms. The van der Waals surface area contributed by atoms with E-state index in [-0.39, 0.29) is 17.3 Å². The number of ketones is 3. The van der Waals surface area contributed by atoms with E-state index in [1.54, 1.807) is 48.5 Å². The number of hydrogen-bond donors (Lipinski definition) is 0. The second-order valence-corrected chi connectivity index (χ2v) is 10.5. The van der Waals surface area contributed by atoms with Crippen molar-refractivity contribution in [2.45, 2.75) is 18.0 Å². The molecule has 5 heteroatoms. The largest absolute Gasteiger partial charge is 0.352 e. The van der Waals surface area contributed by atoms with Gasteiger partial charge in [-0.1, -0.05) is 109 Å². The van der Waals surface area contributed by atoms with Gasteiger partial charge in [0.2, 0.25) is 0 Å². The number of carbonyl (C=O) groups excluding carboxylic acids is 3. The first kappa shape index (κ1) is 22.9. The minimum atomic E-state index is -1.50. The van der Waals surface area contributed by atoms with Crippen molar-refractivity contribution >= 4 is 40.7 Å². The molecule has 1 unspecified atom stereocenters. The maximum absolute atomic E-state index is 14.5. The molecular weight excluding hydrogens is 494 g/mol. The van der Waals surface area contributed by atoms with Crippen LogP contribution in [0.25, 0.3) is 6.08 Å². The molecule has 0 saturated carbocycles. The maximum atomic E-state index is 14.5. The summed E-state index contributed by atoms with van der Waals surface area (Å²) in [6.07, 6.45) is 3.90. The van der Waals surface area contributed by atoms with Gasteiger partial charge in [0.05, 0.1) is 6.04 Å². The number of fused-ring (bicyclic) bond motifs is 5. The molecule has 2 aliphatic heterocycles. The van der Waals surface area contributed by atoms with Gasteiger partial charge in [-0.25, -0.2) is 0 Å². The van der Waals surface area contributed by atoms with Crippen LogP contribution in [0.5, 0.6) is 0 Å². The Morgan fingerprint density at radius 2 is 1.34 bits per heavy atom. The van der Waals surface area contributed by atoms with Crippen LogP contribution in [0.3, 0.4) is 0 Å². The average molecular weight is 516 g/mol. The maximum Gasteiger partial charge on any atom is 0.185 e. The molecule has 1 saturated heterocycles. The van der Waals surface area contributed by atoms with E-state index in [1.165, 1.54) is 0 Å². The third-order valence-corrected chi connectivity index (χ3v) is 8.52. The summed E-state index contributed by atoms with van der Waals surface area (Å²) < 4.78 is 0. The van der Waals surface area contributed by atoms with Gasteiger partial charge >= 0.3 is 0 Å². The monoisotopic (exact) mass is 515 g/mol. The zero-order chi connectivity index (χ0) is 26.0. The zero-order valence-corrected chi connectivity index (χ0v) is 21.0. The van der Waals surface area contributed by atoms with Crippen molar-refractivity contribution in [2.24, 2.45) is 5.41 Å². The normalized spacial score (nSPS) is 22.3. The fourth-order valence-electron chi connectivity index (χ4n) is 6.73. The number of rotatable bonds is 3. The van der Waals surface area contributed by atoms with Crippen molar-refractivity contribution in [3.63, 3.8) is 0 Å². The molecule has 184 valence electrons. The highest BCUT2D eigenvalue weighted by Gasteiger charge is 2.71. The van der Waals surface area contributed by atoms with Crippen molar-refractivity contribution in [3.05, 3.63) is 142 Å². The Labute approximate surface area is 225 Å². The Balaban J connectivity index is 1.55. The summed E-state index contributed by atoms with van der Waals surface area (Å²) in [6.45, 7) is 0. The smallest absolute Gasteiger partial charge is 0.185 e. The summed E-state index contributed by atoms with van der Waals surface area (Å²) in [7, 11) is 0. The van der Waals surface area contributed by atoms with Crippen molar-refractivity contribution in [2.75, 3.05) is 4.90 Å². The van der Waals surface area contributed by atoms with E-state index >= 15 is 0 Å². The van der Waals surface area contributed by atoms with Crippen LogP contribution in [0.4, 0.5) is 5.69 Å². The van der Waals surface area contributed by atoms with E-state index in [4.69, 9.17) is 11.6 Å². The molecule has 4 aromatic carbocycles. The van der Waals surface area contributed by atoms with Gasteiger partial charge in [-0.15, -0.1) is 0 Å². The van der Waals surface area contributed by atoms with Crippen molar-refractivity contribution < 1.29 is 14.4 Å². The molecule has 0 aromatic heterocycles. The predicted octanol–water partition coefficient (Wildman–Crippen LogP) is 6.66. The van der Waals surface area contributed by atoms with Gasteiger partial charge in [-0.05, 0) is 29.3 Å². The number of para-hydroxylation sites is 1. The number of hydrogen-bond acceptors (Lipinski definition) is 4. The number of nitrogens with zero attached hydrogens (tertiary/aromatic N) is 1. The van der Waals surface area contributed by atoms with Crippen LogP contribution >= 0.6 is 11.6 Å². The van der Waals surface area contributed by atoms with Gasteiger partial charge in [0.1, 0.15) is 11.5 Å². The van der Waals surface area contributed by atoms with Gasteiger partial charge in [-0.3, -0.25) is 14.4 Å². The molecule has 0 radical (unpaired) electrons. The Morgan fingerprint density at radius 1 is 0.737 bits per heavy atom. The van der Waals surface area contributed by atoms with Crippen LogP contribution in [0.2, 0.25) is 5.02 Å². The third kappa shape index (κ3) is 2.95. The molecule has 3 aliphatic rings. The van der Waals surface area contributed by atoms with Crippen molar-refractivity contribution in [1.29, 1.82) is 0 Å². The second-order valence-electron chi connectivity index (χ2n) is 10.0. The Morgan fingerprint density at radius 3 is 2.03 bits per heavy atom. The van der Waals surface area contributed by atoms with E-state index in [2.05, 4.69) is 0 Å². The topological polar surface area (TPSA) is 54.5 Å². The van der Waals surface area contributed by atoms with Crippen LogP contribution in [-0.2, 0) is 0 Å². The lowest BCUT2D eigenvalue weighted by Crippen LogP contribution is -2.48. The lowest BCUT2D eigenvalue weighted by atomic mass is 9.64. The molecule has 3 atom stereocenters. The van der Waals surface area contributed by atoms with E-state index in [1.807, 2.05) is 71.6 Å². The van der Waals surface area contributed by atoms with Crippen LogP contribution in [-0.4, -0.2) is 29.4 Å². The minimum Gasteiger partial charge on any atom is -0.352 e. The molecule has 0 bridgehead atoms. The molecule has 4 aromatic rings. The Hall–Kier alpha value is -4.28. The highest BCUT2D eigenvalue weighted by Crippen LogP contribution is 2.60. The first-order chi connectivity index (χ1) is 18.5. The average Bonchev–Trinajstić information content (AvgIpc) is 3.40. The third-order valence-electron chi connectivity index (χ3n) is 8.27. The first-order valence-electron chi connectivity index (χ1n) is 12.6. The quantitative estimate of drug-likeness (QED) is 0.226. The summed E-state index contributed by atoms with van der Waals surface area (Å²) in [5, 5.41) is 0.544. The van der Waals surface area contributed by atoms with E-state index in [0.717, 1.165) is 16.8 Å². The van der Waals surface area contributed by atoms with Gasteiger partial charge in [-0.2, -0.15) is 0 Å². The molecule has 7 rings (SSSR count). The fourth-order valence-corrected chi connectivity index (χ4v) is 6.86. The van der Waals surface area contributed by atoms with Crippen LogP contribution in [0.15, 0.2) is 109 Å². The highest BCUT2D eigenvalue weighted by molar-refractivity contribution is 6.32. The fraction of sp³-hybridized carbons (Fsp3) is 0.121. The van der Waals surface area contributed by atoms with Gasteiger partial charge in [0.15, 0.2) is 17.3 Å². The number of halogens is 1. The molecule has 4 nitrogen and oxygen atoms in total. The summed E-state index contributed by atoms with van der Waals surface area (Å²) in [5.74, 6) is -1.34. The summed E-state index contributed by atoms with van der Waals surface area (Å²) in [5.41, 5.74) is 2.37. The number of carbonyl (C=O) groups is 3. The summed E-state index contributed by atoms with van der Waals surface area (Å²) >= 11 is 6.26. The predicted molar refractivity (Wildman–Crippen MR) is 148 cm³/mol. The summed E-state index contributed by atoms with van der Waals surface area (Å²) in [6, 6.07) is 29.7. The highest BCUT2D eigenvalue weighted by atomic mass is 35.5. The zero-order valence-electron chi connectivity index (χ0n) is 20.3. The van der Waals surface area contributed by atoms with Crippen molar-refractivity contribution in [1.82, 2.24) is 0 Å². The lowest BCUT2D eigenvalue weighted by molar-refractivity contribution is 0.0666. The minimum absolute atomic E-state index is 0.130.